The molecule has 1 rings (SSSR count). The molecule has 0 unspecified atom stereocenters. The Morgan fingerprint density at radius 3 is 2.80 bits per heavy atom. The highest BCUT2D eigenvalue weighted by Gasteiger charge is 1.99. The monoisotopic (exact) mass is 220 g/mol. The maximum atomic E-state index is 10.4. The molecule has 0 saturated carbocycles. The van der Waals surface area contributed by atoms with E-state index in [1.807, 2.05) is 6.07 Å². The molecule has 0 aliphatic rings. The van der Waals surface area contributed by atoms with Crippen molar-refractivity contribution in [3.63, 3.8) is 0 Å². The summed E-state index contributed by atoms with van der Waals surface area (Å²) in [5, 5.41) is 0.624. The molecular formula is C6H5BrO2S. The molecule has 2 nitrogen and oxygen atoms in total. The molecule has 0 spiro atoms. The van der Waals surface area contributed by atoms with Crippen LogP contribution in [0.15, 0.2) is 15.9 Å². The number of hydrogen-bond donors (Lipinski definition) is 0. The van der Waals surface area contributed by atoms with Gasteiger partial charge < -0.3 is 4.74 Å². The molecule has 1 heterocycles. The molecule has 0 N–H and O–H groups in total. The number of carbonyl (C=O) groups excluding carboxylic acids is 1. The Morgan fingerprint density at radius 1 is 1.70 bits per heavy atom. The normalized spacial score (nSPS) is 9.40. The van der Waals surface area contributed by atoms with E-state index in [1.165, 1.54) is 18.3 Å². The molecule has 4 heteroatoms. The summed E-state index contributed by atoms with van der Waals surface area (Å²) in [6, 6.07) is 3.58. The van der Waals surface area contributed by atoms with E-state index in [0.29, 0.717) is 5.06 Å². The molecule has 54 valence electrons. The van der Waals surface area contributed by atoms with Crippen molar-refractivity contribution in [2.45, 2.75) is 6.92 Å². The van der Waals surface area contributed by atoms with Gasteiger partial charge in [0.1, 0.15) is 0 Å². The molecule has 1 aromatic rings. The summed E-state index contributed by atoms with van der Waals surface area (Å²) in [6.07, 6.45) is 0. The Hall–Kier alpha value is -0.350. The van der Waals surface area contributed by atoms with Crippen molar-refractivity contribution in [2.24, 2.45) is 0 Å². The van der Waals surface area contributed by atoms with Gasteiger partial charge in [0, 0.05) is 6.92 Å². The topological polar surface area (TPSA) is 26.3 Å². The second-order valence-corrected chi connectivity index (χ2v) is 4.08. The van der Waals surface area contributed by atoms with Gasteiger partial charge in [-0.25, -0.2) is 0 Å². The van der Waals surface area contributed by atoms with E-state index >= 15 is 0 Å². The summed E-state index contributed by atoms with van der Waals surface area (Å²) in [5.74, 6) is -0.283. The Bertz CT molecular complexity index is 244. The number of halogens is 1. The van der Waals surface area contributed by atoms with Crippen LogP contribution in [0.3, 0.4) is 0 Å². The Kier molecular flexibility index (Phi) is 2.45. The van der Waals surface area contributed by atoms with Crippen molar-refractivity contribution in [1.82, 2.24) is 0 Å². The molecule has 0 aromatic carbocycles. The van der Waals surface area contributed by atoms with Crippen LogP contribution in [-0.4, -0.2) is 5.97 Å². The molecule has 0 atom stereocenters. The highest BCUT2D eigenvalue weighted by atomic mass is 79.9. The number of carbonyl (C=O) groups is 1. The fraction of sp³-hybridized carbons (Fsp3) is 0.167. The zero-order chi connectivity index (χ0) is 7.56. The van der Waals surface area contributed by atoms with Gasteiger partial charge >= 0.3 is 5.97 Å². The van der Waals surface area contributed by atoms with E-state index in [-0.39, 0.29) is 5.97 Å². The second kappa shape index (κ2) is 3.16. The number of ether oxygens (including phenoxy) is 1. The van der Waals surface area contributed by atoms with Gasteiger partial charge in [0.05, 0.1) is 3.79 Å². The van der Waals surface area contributed by atoms with Gasteiger partial charge in [-0.3, -0.25) is 4.79 Å². The lowest BCUT2D eigenvalue weighted by Gasteiger charge is -1.92. The summed E-state index contributed by atoms with van der Waals surface area (Å²) in [7, 11) is 0. The molecule has 1 aromatic heterocycles. The van der Waals surface area contributed by atoms with Crippen LogP contribution in [0.2, 0.25) is 0 Å². The van der Waals surface area contributed by atoms with E-state index in [4.69, 9.17) is 4.74 Å². The molecule has 0 radical (unpaired) electrons. The van der Waals surface area contributed by atoms with E-state index in [9.17, 15) is 4.79 Å². The fourth-order valence-corrected chi connectivity index (χ4v) is 1.73. The summed E-state index contributed by atoms with van der Waals surface area (Å²) >= 11 is 4.64. The summed E-state index contributed by atoms with van der Waals surface area (Å²) in [4.78, 5) is 10.4. The minimum absolute atomic E-state index is 0.283. The average Bonchev–Trinajstić information content (AvgIpc) is 2.13. The number of esters is 1. The van der Waals surface area contributed by atoms with Crippen LogP contribution in [0, 0.1) is 0 Å². The Morgan fingerprint density at radius 2 is 2.40 bits per heavy atom. The highest BCUT2D eigenvalue weighted by Crippen LogP contribution is 2.28. The molecule has 0 bridgehead atoms. The van der Waals surface area contributed by atoms with Crippen molar-refractivity contribution in [3.8, 4) is 5.06 Å². The van der Waals surface area contributed by atoms with E-state index in [2.05, 4.69) is 15.9 Å². The van der Waals surface area contributed by atoms with Crippen LogP contribution in [0.5, 0.6) is 5.06 Å². The molecule has 0 fully saturated rings. The van der Waals surface area contributed by atoms with Gasteiger partial charge in [-0.1, -0.05) is 11.3 Å². The summed E-state index contributed by atoms with van der Waals surface area (Å²) in [5.41, 5.74) is 0. The van der Waals surface area contributed by atoms with Crippen molar-refractivity contribution in [1.29, 1.82) is 0 Å². The van der Waals surface area contributed by atoms with E-state index in [1.54, 1.807) is 6.07 Å². The van der Waals surface area contributed by atoms with Crippen LogP contribution in [0.4, 0.5) is 0 Å². The number of rotatable bonds is 1. The van der Waals surface area contributed by atoms with Gasteiger partial charge in [0.2, 0.25) is 0 Å². The maximum Gasteiger partial charge on any atom is 0.308 e. The first-order chi connectivity index (χ1) is 4.68. The first kappa shape index (κ1) is 7.75. The maximum absolute atomic E-state index is 10.4. The summed E-state index contributed by atoms with van der Waals surface area (Å²) in [6.45, 7) is 1.38. The zero-order valence-corrected chi connectivity index (χ0v) is 7.66. The predicted octanol–water partition coefficient (Wildman–Crippen LogP) is 2.44. The Labute approximate surface area is 70.9 Å². The van der Waals surface area contributed by atoms with E-state index in [0.717, 1.165) is 3.79 Å². The number of hydrogen-bond acceptors (Lipinski definition) is 3. The van der Waals surface area contributed by atoms with Gasteiger partial charge in [-0.05, 0) is 28.1 Å². The van der Waals surface area contributed by atoms with Gasteiger partial charge in [0.15, 0.2) is 5.06 Å². The first-order valence-electron chi connectivity index (χ1n) is 2.62. The smallest absolute Gasteiger partial charge is 0.308 e. The lowest BCUT2D eigenvalue weighted by Crippen LogP contribution is -1.98. The fourth-order valence-electron chi connectivity index (χ4n) is 0.494. The molecule has 0 amide bonds. The molecule has 0 aliphatic heterocycles. The zero-order valence-electron chi connectivity index (χ0n) is 5.26. The summed E-state index contributed by atoms with van der Waals surface area (Å²) < 4.78 is 5.75. The van der Waals surface area contributed by atoms with Crippen molar-refractivity contribution >= 4 is 33.2 Å². The largest absolute Gasteiger partial charge is 0.416 e. The van der Waals surface area contributed by atoms with Crippen LogP contribution < -0.4 is 4.74 Å². The lowest BCUT2D eigenvalue weighted by molar-refractivity contribution is -0.131. The highest BCUT2D eigenvalue weighted by molar-refractivity contribution is 9.11. The molecule has 0 aliphatic carbocycles. The third-order valence-electron chi connectivity index (χ3n) is 0.793. The SMILES string of the molecule is CC(=O)Oc1ccc(Br)s1. The molecule has 10 heavy (non-hydrogen) atoms. The van der Waals surface area contributed by atoms with Crippen molar-refractivity contribution < 1.29 is 9.53 Å². The lowest BCUT2D eigenvalue weighted by atomic mass is 10.6. The van der Waals surface area contributed by atoms with Crippen LogP contribution >= 0.6 is 27.3 Å². The molecular weight excluding hydrogens is 216 g/mol. The second-order valence-electron chi connectivity index (χ2n) is 1.65. The average molecular weight is 221 g/mol. The van der Waals surface area contributed by atoms with Gasteiger partial charge in [-0.2, -0.15) is 0 Å². The van der Waals surface area contributed by atoms with Crippen LogP contribution in [-0.2, 0) is 4.79 Å². The third-order valence-corrected chi connectivity index (χ3v) is 2.29. The third kappa shape index (κ3) is 2.11. The van der Waals surface area contributed by atoms with Crippen molar-refractivity contribution in [2.75, 3.05) is 0 Å². The predicted molar refractivity (Wildman–Crippen MR) is 43.3 cm³/mol. The molecule has 0 saturated heterocycles. The van der Waals surface area contributed by atoms with Crippen LogP contribution in [0.25, 0.3) is 0 Å². The minimum Gasteiger partial charge on any atom is -0.416 e. The first-order valence-corrected chi connectivity index (χ1v) is 4.23. The van der Waals surface area contributed by atoms with Gasteiger partial charge in [0.25, 0.3) is 0 Å². The Balaban J connectivity index is 2.67. The van der Waals surface area contributed by atoms with Gasteiger partial charge in [-0.15, -0.1) is 0 Å². The van der Waals surface area contributed by atoms with E-state index < -0.39 is 0 Å². The standard InChI is InChI=1S/C6H5BrO2S/c1-4(8)9-6-3-2-5(7)10-6/h2-3H,1H3. The number of thiophene rings is 1. The quantitative estimate of drug-likeness (QED) is 0.680. The van der Waals surface area contributed by atoms with Crippen LogP contribution in [0.1, 0.15) is 6.92 Å². The minimum atomic E-state index is -0.283. The van der Waals surface area contributed by atoms with Crippen molar-refractivity contribution in [3.05, 3.63) is 15.9 Å².